The van der Waals surface area contributed by atoms with E-state index in [2.05, 4.69) is 15.0 Å². The molecule has 0 spiro atoms. The summed E-state index contributed by atoms with van der Waals surface area (Å²) in [7, 11) is -1.49. The number of hydrogen-bond acceptors (Lipinski definition) is 3. The summed E-state index contributed by atoms with van der Waals surface area (Å²) in [6.45, 7) is 3.21. The molecule has 0 aromatic carbocycles. The van der Waals surface area contributed by atoms with Crippen molar-refractivity contribution in [2.75, 3.05) is 20.1 Å². The van der Waals surface area contributed by atoms with Gasteiger partial charge >= 0.3 is 0 Å². The Morgan fingerprint density at radius 3 is 2.73 bits per heavy atom. The molecule has 0 bridgehead atoms. The molecule has 0 aliphatic heterocycles. The molecule has 0 aliphatic rings. The van der Waals surface area contributed by atoms with Crippen molar-refractivity contribution in [2.24, 2.45) is 5.92 Å². The van der Waals surface area contributed by atoms with E-state index in [0.29, 0.717) is 6.54 Å². The first-order valence-electron chi connectivity index (χ1n) is 4.83. The summed E-state index contributed by atoms with van der Waals surface area (Å²) in [5.74, 6) is 0.267. The van der Waals surface area contributed by atoms with Crippen LogP contribution in [0, 0.1) is 5.92 Å². The van der Waals surface area contributed by atoms with E-state index in [1.165, 1.54) is 12.3 Å². The zero-order valence-electron chi connectivity index (χ0n) is 8.95. The molecule has 1 atom stereocenters. The fourth-order valence-corrected chi connectivity index (χ4v) is 2.37. The maximum Gasteiger partial charge on any atom is 0.242 e. The number of aromatic amines is 1. The Morgan fingerprint density at radius 2 is 2.20 bits per heavy atom. The second kappa shape index (κ2) is 5.29. The lowest BCUT2D eigenvalue weighted by atomic mass is 10.2. The van der Waals surface area contributed by atoms with E-state index < -0.39 is 10.0 Å². The molecule has 1 aromatic rings. The molecule has 86 valence electrons. The number of aromatic nitrogens is 1. The lowest BCUT2D eigenvalue weighted by Crippen LogP contribution is -2.32. The van der Waals surface area contributed by atoms with Crippen LogP contribution in [0.4, 0.5) is 0 Å². The Hall–Kier alpha value is -0.850. The lowest BCUT2D eigenvalue weighted by Gasteiger charge is -2.11. The molecule has 0 amide bonds. The van der Waals surface area contributed by atoms with Gasteiger partial charge in [0.1, 0.15) is 0 Å². The van der Waals surface area contributed by atoms with Crippen molar-refractivity contribution in [1.29, 1.82) is 0 Å². The maximum atomic E-state index is 11.7. The number of nitrogens with one attached hydrogen (secondary N) is 3. The summed E-state index contributed by atoms with van der Waals surface area (Å²) in [4.78, 5) is 2.99. The Balaban J connectivity index is 2.52. The van der Waals surface area contributed by atoms with Gasteiger partial charge in [0, 0.05) is 18.9 Å². The van der Waals surface area contributed by atoms with E-state index >= 15 is 0 Å². The van der Waals surface area contributed by atoms with Crippen molar-refractivity contribution in [3.8, 4) is 0 Å². The lowest BCUT2D eigenvalue weighted by molar-refractivity contribution is 0.519. The highest BCUT2D eigenvalue weighted by Crippen LogP contribution is 2.06. The van der Waals surface area contributed by atoms with E-state index in [-0.39, 0.29) is 10.8 Å². The molecule has 3 N–H and O–H groups in total. The quantitative estimate of drug-likeness (QED) is 0.652. The molecule has 6 heteroatoms. The van der Waals surface area contributed by atoms with Gasteiger partial charge < -0.3 is 10.3 Å². The fraction of sp³-hybridized carbons (Fsp3) is 0.556. The predicted molar refractivity (Wildman–Crippen MR) is 59.1 cm³/mol. The Kier molecular flexibility index (Phi) is 4.31. The molecule has 0 radical (unpaired) electrons. The minimum atomic E-state index is -3.34. The highest BCUT2D eigenvalue weighted by molar-refractivity contribution is 7.89. The molecule has 5 nitrogen and oxygen atoms in total. The number of sulfonamides is 1. The number of rotatable bonds is 6. The van der Waals surface area contributed by atoms with Crippen LogP contribution in [0.15, 0.2) is 23.4 Å². The minimum Gasteiger partial charge on any atom is -0.366 e. The Morgan fingerprint density at radius 1 is 1.47 bits per heavy atom. The first-order valence-corrected chi connectivity index (χ1v) is 6.31. The van der Waals surface area contributed by atoms with Crippen molar-refractivity contribution in [3.05, 3.63) is 18.5 Å². The number of hydrogen-bond donors (Lipinski definition) is 3. The number of H-pyrrole nitrogens is 1. The highest BCUT2D eigenvalue weighted by Gasteiger charge is 2.14. The van der Waals surface area contributed by atoms with Crippen molar-refractivity contribution in [2.45, 2.75) is 11.8 Å². The summed E-state index contributed by atoms with van der Waals surface area (Å²) in [6, 6.07) is 1.53. The fourth-order valence-electron chi connectivity index (χ4n) is 1.23. The second-order valence-electron chi connectivity index (χ2n) is 3.56. The van der Waals surface area contributed by atoms with Crippen molar-refractivity contribution >= 4 is 10.0 Å². The van der Waals surface area contributed by atoms with E-state index in [9.17, 15) is 8.42 Å². The average molecular weight is 231 g/mol. The summed E-state index contributed by atoms with van der Waals surface area (Å²) in [6.07, 6.45) is 3.05. The van der Waals surface area contributed by atoms with Gasteiger partial charge in [-0.25, -0.2) is 13.1 Å². The molecule has 0 aliphatic carbocycles. The molecule has 15 heavy (non-hydrogen) atoms. The Bertz CT molecular complexity index is 372. The predicted octanol–water partition coefficient (Wildman–Crippen LogP) is 0.149. The van der Waals surface area contributed by atoms with E-state index in [1.807, 2.05) is 14.0 Å². The van der Waals surface area contributed by atoms with Gasteiger partial charge in [-0.15, -0.1) is 0 Å². The van der Waals surface area contributed by atoms with E-state index in [4.69, 9.17) is 0 Å². The van der Waals surface area contributed by atoms with E-state index in [1.54, 1.807) is 6.20 Å². The third-order valence-corrected chi connectivity index (χ3v) is 3.48. The summed E-state index contributed by atoms with van der Waals surface area (Å²) < 4.78 is 25.9. The van der Waals surface area contributed by atoms with Crippen LogP contribution < -0.4 is 10.0 Å². The van der Waals surface area contributed by atoms with Crippen molar-refractivity contribution in [1.82, 2.24) is 15.0 Å². The zero-order chi connectivity index (χ0) is 11.3. The van der Waals surface area contributed by atoms with Crippen LogP contribution in [0.1, 0.15) is 6.92 Å². The largest absolute Gasteiger partial charge is 0.366 e. The third kappa shape index (κ3) is 3.65. The molecule has 0 saturated heterocycles. The zero-order valence-corrected chi connectivity index (χ0v) is 9.76. The molecule has 1 heterocycles. The smallest absolute Gasteiger partial charge is 0.242 e. The van der Waals surface area contributed by atoms with Gasteiger partial charge in [-0.1, -0.05) is 6.92 Å². The standard InChI is InChI=1S/C9H17N3O2S/c1-8(5-10-2)6-12-15(13,14)9-3-4-11-7-9/h3-4,7-8,10-12H,5-6H2,1-2H3. The first-order chi connectivity index (χ1) is 7.06. The van der Waals surface area contributed by atoms with Crippen LogP contribution in [0.5, 0.6) is 0 Å². The van der Waals surface area contributed by atoms with Crippen LogP contribution in [0.25, 0.3) is 0 Å². The van der Waals surface area contributed by atoms with Gasteiger partial charge in [-0.3, -0.25) is 0 Å². The maximum absolute atomic E-state index is 11.7. The highest BCUT2D eigenvalue weighted by atomic mass is 32.2. The first kappa shape index (κ1) is 12.2. The van der Waals surface area contributed by atoms with Crippen LogP contribution in [0.3, 0.4) is 0 Å². The molecule has 1 aromatic heterocycles. The molecular formula is C9H17N3O2S. The molecular weight excluding hydrogens is 214 g/mol. The molecule has 0 fully saturated rings. The molecule has 0 saturated carbocycles. The minimum absolute atomic E-state index is 0.267. The monoisotopic (exact) mass is 231 g/mol. The van der Waals surface area contributed by atoms with Crippen LogP contribution >= 0.6 is 0 Å². The topological polar surface area (TPSA) is 74.0 Å². The van der Waals surface area contributed by atoms with Gasteiger partial charge in [0.2, 0.25) is 10.0 Å². The summed E-state index contributed by atoms with van der Waals surface area (Å²) in [5.41, 5.74) is 0. The van der Waals surface area contributed by atoms with Crippen molar-refractivity contribution < 1.29 is 8.42 Å². The third-order valence-electron chi connectivity index (χ3n) is 2.05. The Labute approximate surface area is 90.3 Å². The van der Waals surface area contributed by atoms with Gasteiger partial charge in [-0.2, -0.15) is 0 Å². The van der Waals surface area contributed by atoms with Crippen LogP contribution in [0.2, 0.25) is 0 Å². The van der Waals surface area contributed by atoms with Gasteiger partial charge in [0.25, 0.3) is 0 Å². The molecule has 1 rings (SSSR count). The summed E-state index contributed by atoms with van der Waals surface area (Å²) >= 11 is 0. The summed E-state index contributed by atoms with van der Waals surface area (Å²) in [5, 5.41) is 3.00. The normalized spacial score (nSPS) is 14.0. The molecule has 1 unspecified atom stereocenters. The van der Waals surface area contributed by atoms with Crippen molar-refractivity contribution in [3.63, 3.8) is 0 Å². The second-order valence-corrected chi connectivity index (χ2v) is 5.33. The van der Waals surface area contributed by atoms with Crippen LogP contribution in [-0.2, 0) is 10.0 Å². The SMILES string of the molecule is CNCC(C)CNS(=O)(=O)c1cc[nH]c1. The average Bonchev–Trinajstić information content (AvgIpc) is 2.69. The van der Waals surface area contributed by atoms with Gasteiger partial charge in [0.05, 0.1) is 4.90 Å². The van der Waals surface area contributed by atoms with Crippen LogP contribution in [-0.4, -0.2) is 33.5 Å². The van der Waals surface area contributed by atoms with Gasteiger partial charge in [-0.05, 0) is 25.6 Å². The van der Waals surface area contributed by atoms with Gasteiger partial charge in [0.15, 0.2) is 0 Å². The van der Waals surface area contributed by atoms with E-state index in [0.717, 1.165) is 6.54 Å².